The molecule has 13 heavy (non-hydrogen) atoms. The highest BCUT2D eigenvalue weighted by Crippen LogP contribution is 2.03. The van der Waals surface area contributed by atoms with Crippen LogP contribution in [0.4, 0.5) is 5.69 Å². The Balaban J connectivity index is 0.000000424. The molecule has 1 aromatic carbocycles. The first kappa shape index (κ1) is 11.2. The minimum absolute atomic E-state index is 0.431. The fraction of sp³-hybridized carbons (Fsp3) is 0.111. The van der Waals surface area contributed by atoms with Gasteiger partial charge in [-0.2, -0.15) is 0 Å². The first-order valence-electron chi connectivity index (χ1n) is 3.72. The van der Waals surface area contributed by atoms with Gasteiger partial charge in [-0.1, -0.05) is 0 Å². The molecule has 0 spiro atoms. The van der Waals surface area contributed by atoms with Crippen molar-refractivity contribution in [2.45, 2.75) is 6.92 Å². The maximum absolute atomic E-state index is 10.5. The van der Waals surface area contributed by atoms with Crippen LogP contribution in [-0.4, -0.2) is 12.1 Å². The Hall–Kier alpha value is -1.84. The molecule has 0 unspecified atom stereocenters. The smallest absolute Gasteiger partial charge is 0.248 e. The number of rotatable bonds is 1. The lowest BCUT2D eigenvalue weighted by Crippen LogP contribution is -2.10. The molecular weight excluding hydrogens is 166 g/mol. The maximum Gasteiger partial charge on any atom is 0.248 e. The highest BCUT2D eigenvalue weighted by atomic mass is 16.1. The fourth-order valence-electron chi connectivity index (χ4n) is 0.647. The van der Waals surface area contributed by atoms with Gasteiger partial charge in [-0.05, 0) is 37.4 Å². The second-order valence-corrected chi connectivity index (χ2v) is 2.27. The number of carbonyl (C=O) groups excluding carboxylic acids is 1. The summed E-state index contributed by atoms with van der Waals surface area (Å²) in [6.45, 7) is 1.67. The van der Waals surface area contributed by atoms with Gasteiger partial charge in [0.1, 0.15) is 0 Å². The lowest BCUT2D eigenvalue weighted by atomic mass is 10.2. The molecule has 0 heterocycles. The van der Waals surface area contributed by atoms with Crippen molar-refractivity contribution in [2.75, 3.05) is 5.73 Å². The van der Waals surface area contributed by atoms with Gasteiger partial charge < -0.3 is 16.9 Å². The second kappa shape index (κ2) is 5.77. The van der Waals surface area contributed by atoms with Crippen molar-refractivity contribution < 1.29 is 4.79 Å². The van der Waals surface area contributed by atoms with Crippen LogP contribution in [0.25, 0.3) is 0 Å². The summed E-state index contributed by atoms with van der Waals surface area (Å²) in [7, 11) is 0. The van der Waals surface area contributed by atoms with Crippen LogP contribution < -0.4 is 11.5 Å². The molecule has 0 aromatic heterocycles. The van der Waals surface area contributed by atoms with E-state index in [0.717, 1.165) is 0 Å². The Morgan fingerprint density at radius 3 is 2.08 bits per heavy atom. The SMILES string of the molecule is CC=N.NC(=O)c1ccc(N)cc1. The van der Waals surface area contributed by atoms with Gasteiger partial charge in [0.25, 0.3) is 0 Å². The van der Waals surface area contributed by atoms with Crippen LogP contribution in [-0.2, 0) is 0 Å². The molecule has 0 aliphatic rings. The molecule has 0 fully saturated rings. The Morgan fingerprint density at radius 2 is 1.77 bits per heavy atom. The zero-order chi connectivity index (χ0) is 10.3. The minimum atomic E-state index is -0.431. The standard InChI is InChI=1S/C7H8N2O.C2H5N/c8-6-3-1-5(2-4-6)7(9)10;1-2-3/h1-4H,8H2,(H2,9,10);2-3H,1H3. The predicted molar refractivity (Wildman–Crippen MR) is 53.8 cm³/mol. The van der Waals surface area contributed by atoms with Gasteiger partial charge in [-0.25, -0.2) is 0 Å². The first-order valence-corrected chi connectivity index (χ1v) is 3.72. The quantitative estimate of drug-likeness (QED) is 0.443. The molecule has 0 aliphatic heterocycles. The van der Waals surface area contributed by atoms with E-state index in [9.17, 15) is 4.79 Å². The number of nitrogen functional groups attached to an aromatic ring is 1. The van der Waals surface area contributed by atoms with E-state index in [1.165, 1.54) is 6.21 Å². The average Bonchev–Trinajstić information content (AvgIpc) is 2.06. The average molecular weight is 179 g/mol. The Bertz CT molecular complexity index is 279. The van der Waals surface area contributed by atoms with E-state index in [1.807, 2.05) is 0 Å². The van der Waals surface area contributed by atoms with E-state index in [0.29, 0.717) is 11.3 Å². The molecular formula is C9H13N3O. The van der Waals surface area contributed by atoms with E-state index in [1.54, 1.807) is 31.2 Å². The number of hydrogen-bond donors (Lipinski definition) is 3. The van der Waals surface area contributed by atoms with Crippen LogP contribution in [0, 0.1) is 5.41 Å². The van der Waals surface area contributed by atoms with Crippen molar-refractivity contribution in [1.29, 1.82) is 5.41 Å². The first-order chi connectivity index (χ1) is 6.11. The summed E-state index contributed by atoms with van der Waals surface area (Å²) in [5.74, 6) is -0.431. The Morgan fingerprint density at radius 1 is 1.38 bits per heavy atom. The molecule has 0 bridgehead atoms. The van der Waals surface area contributed by atoms with Gasteiger partial charge in [0, 0.05) is 11.3 Å². The maximum atomic E-state index is 10.5. The monoisotopic (exact) mass is 179 g/mol. The largest absolute Gasteiger partial charge is 0.399 e. The molecule has 70 valence electrons. The number of primary amides is 1. The molecule has 0 saturated heterocycles. The summed E-state index contributed by atoms with van der Waals surface area (Å²) in [5.41, 5.74) is 11.5. The van der Waals surface area contributed by atoms with Crippen LogP contribution in [0.2, 0.25) is 0 Å². The molecule has 1 rings (SSSR count). The Labute approximate surface area is 77.1 Å². The van der Waals surface area contributed by atoms with Crippen molar-refractivity contribution >= 4 is 17.8 Å². The van der Waals surface area contributed by atoms with Crippen LogP contribution >= 0.6 is 0 Å². The third-order valence-electron chi connectivity index (χ3n) is 1.20. The summed E-state index contributed by atoms with van der Waals surface area (Å²) in [6, 6.07) is 6.47. The molecule has 0 saturated carbocycles. The van der Waals surface area contributed by atoms with Gasteiger partial charge in [-0.15, -0.1) is 0 Å². The van der Waals surface area contributed by atoms with Crippen LogP contribution in [0.15, 0.2) is 24.3 Å². The van der Waals surface area contributed by atoms with Crippen molar-refractivity contribution in [3.05, 3.63) is 29.8 Å². The normalized spacial score (nSPS) is 8.08. The summed E-state index contributed by atoms with van der Waals surface area (Å²) >= 11 is 0. The summed E-state index contributed by atoms with van der Waals surface area (Å²) in [6.07, 6.45) is 1.25. The summed E-state index contributed by atoms with van der Waals surface area (Å²) in [4.78, 5) is 10.5. The number of nitrogens with one attached hydrogen (secondary N) is 1. The van der Waals surface area contributed by atoms with E-state index in [4.69, 9.17) is 16.9 Å². The third kappa shape index (κ3) is 4.58. The molecule has 1 aromatic rings. The molecule has 1 amide bonds. The van der Waals surface area contributed by atoms with E-state index < -0.39 is 5.91 Å². The molecule has 4 heteroatoms. The van der Waals surface area contributed by atoms with E-state index in [-0.39, 0.29) is 0 Å². The van der Waals surface area contributed by atoms with Crippen LogP contribution in [0.5, 0.6) is 0 Å². The lowest BCUT2D eigenvalue weighted by Gasteiger charge is -1.93. The van der Waals surface area contributed by atoms with E-state index in [2.05, 4.69) is 0 Å². The van der Waals surface area contributed by atoms with E-state index >= 15 is 0 Å². The number of amides is 1. The number of carbonyl (C=O) groups is 1. The Kier molecular flexibility index (Phi) is 4.95. The molecule has 4 nitrogen and oxygen atoms in total. The molecule has 0 radical (unpaired) electrons. The highest BCUT2D eigenvalue weighted by molar-refractivity contribution is 5.92. The van der Waals surface area contributed by atoms with Gasteiger partial charge in [0.15, 0.2) is 0 Å². The van der Waals surface area contributed by atoms with Crippen molar-refractivity contribution in [1.82, 2.24) is 0 Å². The second-order valence-electron chi connectivity index (χ2n) is 2.27. The number of anilines is 1. The number of benzene rings is 1. The van der Waals surface area contributed by atoms with Gasteiger partial charge >= 0.3 is 0 Å². The third-order valence-corrected chi connectivity index (χ3v) is 1.20. The van der Waals surface area contributed by atoms with Crippen molar-refractivity contribution in [2.24, 2.45) is 5.73 Å². The van der Waals surface area contributed by atoms with Crippen molar-refractivity contribution in [3.63, 3.8) is 0 Å². The van der Waals surface area contributed by atoms with Crippen LogP contribution in [0.1, 0.15) is 17.3 Å². The van der Waals surface area contributed by atoms with Gasteiger partial charge in [-0.3, -0.25) is 4.79 Å². The van der Waals surface area contributed by atoms with Crippen molar-refractivity contribution in [3.8, 4) is 0 Å². The molecule has 5 N–H and O–H groups in total. The topological polar surface area (TPSA) is 93.0 Å². The minimum Gasteiger partial charge on any atom is -0.399 e. The zero-order valence-corrected chi connectivity index (χ0v) is 7.45. The van der Waals surface area contributed by atoms with Gasteiger partial charge in [0.05, 0.1) is 0 Å². The lowest BCUT2D eigenvalue weighted by molar-refractivity contribution is 0.100. The predicted octanol–water partition coefficient (Wildman–Crippen LogP) is 1.02. The fourth-order valence-corrected chi connectivity index (χ4v) is 0.647. The summed E-state index contributed by atoms with van der Waals surface area (Å²) in [5, 5.41) is 6.08. The highest BCUT2D eigenvalue weighted by Gasteiger charge is 1.96. The number of hydrogen-bond acceptors (Lipinski definition) is 3. The molecule has 0 atom stereocenters. The summed E-state index contributed by atoms with van der Waals surface area (Å²) < 4.78 is 0. The zero-order valence-electron chi connectivity index (χ0n) is 7.45. The number of nitrogens with two attached hydrogens (primary N) is 2. The van der Waals surface area contributed by atoms with Crippen LogP contribution in [0.3, 0.4) is 0 Å². The molecule has 0 aliphatic carbocycles. The van der Waals surface area contributed by atoms with Gasteiger partial charge in [0.2, 0.25) is 5.91 Å².